The van der Waals surface area contributed by atoms with Crippen molar-refractivity contribution in [1.82, 2.24) is 20.4 Å². The van der Waals surface area contributed by atoms with Crippen LogP contribution in [0.2, 0.25) is 0 Å². The Morgan fingerprint density at radius 1 is 1.19 bits per heavy atom. The summed E-state index contributed by atoms with van der Waals surface area (Å²) in [6, 6.07) is 6.65. The van der Waals surface area contributed by atoms with Crippen molar-refractivity contribution in [2.24, 2.45) is 4.99 Å². The van der Waals surface area contributed by atoms with E-state index in [2.05, 4.69) is 39.3 Å². The van der Waals surface area contributed by atoms with Gasteiger partial charge in [0.2, 0.25) is 0 Å². The van der Waals surface area contributed by atoms with Crippen molar-refractivity contribution in [1.29, 1.82) is 0 Å². The molecule has 1 fully saturated rings. The van der Waals surface area contributed by atoms with Crippen LogP contribution in [0.3, 0.4) is 0 Å². The van der Waals surface area contributed by atoms with E-state index in [0.29, 0.717) is 18.3 Å². The summed E-state index contributed by atoms with van der Waals surface area (Å²) >= 11 is 0. The molecule has 2 atom stereocenters. The molecule has 2 rings (SSSR count). The van der Waals surface area contributed by atoms with Gasteiger partial charge in [0, 0.05) is 51.9 Å². The van der Waals surface area contributed by atoms with Crippen molar-refractivity contribution in [3.63, 3.8) is 0 Å². The molecule has 0 radical (unpaired) electrons. The number of nitrogens with zero attached hydrogens (tertiary/aromatic N) is 3. The Morgan fingerprint density at radius 3 is 2.52 bits per heavy atom. The number of nitrogens with one attached hydrogen (secondary N) is 2. The van der Waals surface area contributed by atoms with Gasteiger partial charge in [-0.25, -0.2) is 4.39 Å². The Balaban J connectivity index is 1.69. The molecule has 2 unspecified atom stereocenters. The van der Waals surface area contributed by atoms with Crippen LogP contribution in [0.25, 0.3) is 0 Å². The Bertz CT molecular complexity index is 589. The first kappa shape index (κ1) is 21.4. The number of ether oxygens (including phenoxy) is 1. The topological polar surface area (TPSA) is 52.1 Å². The third-order valence-corrected chi connectivity index (χ3v) is 4.96. The van der Waals surface area contributed by atoms with Crippen LogP contribution in [0.4, 0.5) is 4.39 Å². The zero-order valence-corrected chi connectivity index (χ0v) is 17.0. The highest BCUT2D eigenvalue weighted by Crippen LogP contribution is 2.13. The molecule has 27 heavy (non-hydrogen) atoms. The fourth-order valence-electron chi connectivity index (χ4n) is 3.17. The van der Waals surface area contributed by atoms with Crippen LogP contribution in [0.1, 0.15) is 20.8 Å². The van der Waals surface area contributed by atoms with Gasteiger partial charge in [-0.2, -0.15) is 0 Å². The number of guanidine groups is 1. The van der Waals surface area contributed by atoms with Gasteiger partial charge in [0.25, 0.3) is 0 Å². The summed E-state index contributed by atoms with van der Waals surface area (Å²) in [7, 11) is 1.76. The standard InChI is InChI=1S/C20H34FN5O/c1-5-25-9-11-26(12-10-25)16(2)14-23-20(22-4)24-15-17(3)27-19-8-6-7-18(21)13-19/h6-8,13,16-17H,5,9-12,14-15H2,1-4H3,(H2,22,23,24). The van der Waals surface area contributed by atoms with Crippen molar-refractivity contribution >= 4 is 5.96 Å². The van der Waals surface area contributed by atoms with Gasteiger partial charge in [0.15, 0.2) is 5.96 Å². The molecule has 152 valence electrons. The fraction of sp³-hybridized carbons (Fsp3) is 0.650. The molecule has 1 aromatic carbocycles. The summed E-state index contributed by atoms with van der Waals surface area (Å²) in [5, 5.41) is 6.66. The lowest BCUT2D eigenvalue weighted by Gasteiger charge is -2.37. The van der Waals surface area contributed by atoms with Gasteiger partial charge in [-0.3, -0.25) is 9.89 Å². The van der Waals surface area contributed by atoms with Gasteiger partial charge < -0.3 is 20.3 Å². The number of piperazine rings is 1. The van der Waals surface area contributed by atoms with E-state index in [-0.39, 0.29) is 11.9 Å². The molecule has 1 heterocycles. The van der Waals surface area contributed by atoms with Gasteiger partial charge in [-0.1, -0.05) is 13.0 Å². The Morgan fingerprint density at radius 2 is 1.89 bits per heavy atom. The van der Waals surface area contributed by atoms with Crippen molar-refractivity contribution in [3.8, 4) is 5.75 Å². The maximum Gasteiger partial charge on any atom is 0.191 e. The second-order valence-corrected chi connectivity index (χ2v) is 7.04. The van der Waals surface area contributed by atoms with Gasteiger partial charge >= 0.3 is 0 Å². The van der Waals surface area contributed by atoms with Gasteiger partial charge in [-0.15, -0.1) is 0 Å². The highest BCUT2D eigenvalue weighted by Gasteiger charge is 2.20. The highest BCUT2D eigenvalue weighted by molar-refractivity contribution is 5.79. The van der Waals surface area contributed by atoms with E-state index in [4.69, 9.17) is 4.74 Å². The second-order valence-electron chi connectivity index (χ2n) is 7.04. The molecule has 0 saturated carbocycles. The maximum absolute atomic E-state index is 13.2. The quantitative estimate of drug-likeness (QED) is 0.533. The average Bonchev–Trinajstić information content (AvgIpc) is 2.68. The normalized spacial score (nSPS) is 18.8. The summed E-state index contributed by atoms with van der Waals surface area (Å²) in [5.74, 6) is 0.995. The first-order chi connectivity index (χ1) is 13.0. The lowest BCUT2D eigenvalue weighted by atomic mass is 10.2. The predicted molar refractivity (Wildman–Crippen MR) is 109 cm³/mol. The summed E-state index contributed by atoms with van der Waals surface area (Å²) in [5.41, 5.74) is 0. The maximum atomic E-state index is 13.2. The molecular formula is C20H34FN5O. The van der Waals surface area contributed by atoms with Crippen LogP contribution in [-0.4, -0.2) is 80.8 Å². The van der Waals surface area contributed by atoms with Gasteiger partial charge in [-0.05, 0) is 32.5 Å². The number of hydrogen-bond acceptors (Lipinski definition) is 4. The molecular weight excluding hydrogens is 345 g/mol. The van der Waals surface area contributed by atoms with E-state index in [1.54, 1.807) is 19.2 Å². The summed E-state index contributed by atoms with van der Waals surface area (Å²) in [4.78, 5) is 9.27. The molecule has 7 heteroatoms. The summed E-state index contributed by atoms with van der Waals surface area (Å²) in [6.07, 6.45) is -0.107. The molecule has 0 amide bonds. The van der Waals surface area contributed by atoms with E-state index in [1.165, 1.54) is 12.1 Å². The van der Waals surface area contributed by atoms with Crippen molar-refractivity contribution in [2.45, 2.75) is 32.9 Å². The Kier molecular flexibility index (Phi) is 8.81. The second kappa shape index (κ2) is 11.1. The lowest BCUT2D eigenvalue weighted by Crippen LogP contribution is -2.53. The smallest absolute Gasteiger partial charge is 0.191 e. The van der Waals surface area contributed by atoms with Crippen LogP contribution in [0.15, 0.2) is 29.3 Å². The molecule has 0 spiro atoms. The van der Waals surface area contributed by atoms with Crippen LogP contribution in [0.5, 0.6) is 5.75 Å². The van der Waals surface area contributed by atoms with E-state index in [0.717, 1.165) is 45.2 Å². The van der Waals surface area contributed by atoms with E-state index in [9.17, 15) is 4.39 Å². The zero-order chi connectivity index (χ0) is 19.6. The van der Waals surface area contributed by atoms with E-state index < -0.39 is 0 Å². The van der Waals surface area contributed by atoms with Crippen molar-refractivity contribution in [3.05, 3.63) is 30.1 Å². The van der Waals surface area contributed by atoms with Crippen molar-refractivity contribution < 1.29 is 9.13 Å². The SMILES string of the molecule is CCN1CCN(C(C)CNC(=NC)NCC(C)Oc2cccc(F)c2)CC1. The summed E-state index contributed by atoms with van der Waals surface area (Å²) < 4.78 is 19.0. The predicted octanol–water partition coefficient (Wildman–Crippen LogP) is 1.78. The lowest BCUT2D eigenvalue weighted by molar-refractivity contribution is 0.107. The van der Waals surface area contributed by atoms with Gasteiger partial charge in [0.1, 0.15) is 17.7 Å². The first-order valence-electron chi connectivity index (χ1n) is 9.85. The molecule has 1 aliphatic heterocycles. The van der Waals surface area contributed by atoms with Gasteiger partial charge in [0.05, 0.1) is 6.54 Å². The molecule has 0 bridgehead atoms. The van der Waals surface area contributed by atoms with E-state index in [1.807, 2.05) is 6.92 Å². The largest absolute Gasteiger partial charge is 0.489 e. The summed E-state index contributed by atoms with van der Waals surface area (Å²) in [6.45, 7) is 13.5. The number of halogens is 1. The van der Waals surface area contributed by atoms with Crippen LogP contribution >= 0.6 is 0 Å². The number of aliphatic imine (C=N–C) groups is 1. The number of rotatable bonds is 8. The molecule has 6 nitrogen and oxygen atoms in total. The average molecular weight is 380 g/mol. The molecule has 0 aromatic heterocycles. The van der Waals surface area contributed by atoms with Crippen LogP contribution in [0, 0.1) is 5.82 Å². The third-order valence-electron chi connectivity index (χ3n) is 4.96. The number of likely N-dealkylation sites (N-methyl/N-ethyl adjacent to an activating group) is 1. The van der Waals surface area contributed by atoms with Crippen molar-refractivity contribution in [2.75, 3.05) is 52.9 Å². The molecule has 2 N–H and O–H groups in total. The monoisotopic (exact) mass is 379 g/mol. The number of benzene rings is 1. The molecule has 1 aromatic rings. The third kappa shape index (κ3) is 7.34. The van der Waals surface area contributed by atoms with E-state index >= 15 is 0 Å². The fourth-order valence-corrected chi connectivity index (χ4v) is 3.17. The minimum atomic E-state index is -0.293. The zero-order valence-electron chi connectivity index (χ0n) is 17.0. The molecule has 1 saturated heterocycles. The minimum absolute atomic E-state index is 0.107. The minimum Gasteiger partial charge on any atom is -0.489 e. The highest BCUT2D eigenvalue weighted by atomic mass is 19.1. The molecule has 1 aliphatic rings. The van der Waals surface area contributed by atoms with Crippen LogP contribution < -0.4 is 15.4 Å². The van der Waals surface area contributed by atoms with Crippen LogP contribution in [-0.2, 0) is 0 Å². The molecule has 0 aliphatic carbocycles. The first-order valence-corrected chi connectivity index (χ1v) is 9.85. The Labute approximate surface area is 162 Å². The Hall–Kier alpha value is -1.86. The number of hydrogen-bond donors (Lipinski definition) is 2.